The van der Waals surface area contributed by atoms with E-state index in [0.29, 0.717) is 0 Å². The SMILES string of the molecule is CC1C=CC2(C)C3=C1C(C)(c1ccc4c(c1)c1ccccc1n4-c1ccc4c(c1)-c1ccccc1C4(C)C)C=C1c4ccccc4N(c4ccccc42)C13C. The molecule has 1 aromatic heterocycles. The number of rotatable bonds is 2. The molecule has 0 N–H and O–H groups in total. The highest BCUT2D eigenvalue weighted by Gasteiger charge is 2.62. The van der Waals surface area contributed by atoms with Gasteiger partial charge in [0.15, 0.2) is 0 Å². The minimum atomic E-state index is -0.328. The van der Waals surface area contributed by atoms with Crippen molar-refractivity contribution in [2.24, 2.45) is 5.92 Å². The molecule has 2 nitrogen and oxygen atoms in total. The van der Waals surface area contributed by atoms with Gasteiger partial charge in [0.2, 0.25) is 0 Å². The monoisotopic (exact) mass is 708 g/mol. The first kappa shape index (κ1) is 31.5. The Morgan fingerprint density at radius 2 is 1.22 bits per heavy atom. The highest BCUT2D eigenvalue weighted by atomic mass is 15.3. The van der Waals surface area contributed by atoms with Gasteiger partial charge in [-0.1, -0.05) is 130 Å². The van der Waals surface area contributed by atoms with Crippen molar-refractivity contribution in [3.05, 3.63) is 191 Å². The lowest BCUT2D eigenvalue weighted by atomic mass is 9.51. The van der Waals surface area contributed by atoms with E-state index in [-0.39, 0.29) is 27.7 Å². The molecule has 5 aliphatic rings. The summed E-state index contributed by atoms with van der Waals surface area (Å²) < 4.78 is 2.50. The van der Waals surface area contributed by atoms with Crippen LogP contribution in [0.1, 0.15) is 69.4 Å². The van der Waals surface area contributed by atoms with E-state index in [4.69, 9.17) is 0 Å². The molecule has 2 aliphatic heterocycles. The van der Waals surface area contributed by atoms with Crippen molar-refractivity contribution in [3.63, 3.8) is 0 Å². The molecule has 7 aromatic rings. The van der Waals surface area contributed by atoms with E-state index in [2.05, 4.69) is 203 Å². The smallest absolute Gasteiger partial charge is 0.0906 e. The largest absolute Gasteiger partial charge is 0.327 e. The molecular formula is C53H44N2. The molecule has 3 aliphatic carbocycles. The van der Waals surface area contributed by atoms with Gasteiger partial charge in [0.1, 0.15) is 0 Å². The lowest BCUT2D eigenvalue weighted by molar-refractivity contribution is 0.457. The zero-order valence-electron chi connectivity index (χ0n) is 32.4. The molecule has 4 atom stereocenters. The van der Waals surface area contributed by atoms with E-state index >= 15 is 0 Å². The summed E-state index contributed by atoms with van der Waals surface area (Å²) in [6.07, 6.45) is 7.68. The lowest BCUT2D eigenvalue weighted by Crippen LogP contribution is -2.57. The van der Waals surface area contributed by atoms with E-state index < -0.39 is 0 Å². The van der Waals surface area contributed by atoms with Crippen molar-refractivity contribution < 1.29 is 0 Å². The molecule has 0 saturated heterocycles. The zero-order valence-corrected chi connectivity index (χ0v) is 32.4. The van der Waals surface area contributed by atoms with Gasteiger partial charge in [-0.15, -0.1) is 0 Å². The van der Waals surface area contributed by atoms with Crippen LogP contribution in [-0.4, -0.2) is 10.1 Å². The average Bonchev–Trinajstić information content (AvgIpc) is 3.76. The normalized spacial score (nSPS) is 26.1. The minimum Gasteiger partial charge on any atom is -0.327 e. The Labute approximate surface area is 323 Å². The second-order valence-electron chi connectivity index (χ2n) is 17.8. The molecule has 55 heavy (non-hydrogen) atoms. The number of allylic oxidation sites excluding steroid dienone is 4. The molecule has 12 rings (SSSR count). The quantitative estimate of drug-likeness (QED) is 0.162. The Bertz CT molecular complexity index is 2980. The van der Waals surface area contributed by atoms with E-state index in [1.165, 1.54) is 83.4 Å². The highest BCUT2D eigenvalue weighted by Crippen LogP contribution is 2.69. The van der Waals surface area contributed by atoms with Crippen molar-refractivity contribution in [1.29, 1.82) is 0 Å². The molecule has 3 heterocycles. The second-order valence-corrected chi connectivity index (χ2v) is 17.8. The zero-order chi connectivity index (χ0) is 37.2. The first-order valence-electron chi connectivity index (χ1n) is 20.0. The van der Waals surface area contributed by atoms with Crippen LogP contribution in [0, 0.1) is 5.92 Å². The van der Waals surface area contributed by atoms with Gasteiger partial charge < -0.3 is 9.47 Å². The predicted octanol–water partition coefficient (Wildman–Crippen LogP) is 13.1. The summed E-state index contributed by atoms with van der Waals surface area (Å²) in [6.45, 7) is 14.6. The van der Waals surface area contributed by atoms with E-state index in [9.17, 15) is 0 Å². The summed E-state index contributed by atoms with van der Waals surface area (Å²) in [5.41, 5.74) is 19.6. The van der Waals surface area contributed by atoms with Gasteiger partial charge >= 0.3 is 0 Å². The van der Waals surface area contributed by atoms with Gasteiger partial charge in [-0.2, -0.15) is 0 Å². The summed E-state index contributed by atoms with van der Waals surface area (Å²) in [7, 11) is 0. The minimum absolute atomic E-state index is 0.0192. The standard InChI is InChI=1S/C53H44N2/c1-32-27-28-51(4)42-19-11-14-22-47(42)55-46-21-13-9-17-37(46)43-31-52(5,48(32)49(51)53(43,55)6)33-23-26-45-39(29-33)36-16-8-12-20-44(36)54(45)34-24-25-41-38(30-34)35-15-7-10-18-40(35)50(41,2)3/h7-32H,1-6H3. The number of hydrogen-bond acceptors (Lipinski definition) is 1. The number of nitrogens with zero attached hydrogens (tertiary/aromatic N) is 2. The fourth-order valence-electron chi connectivity index (χ4n) is 12.2. The third-order valence-electron chi connectivity index (χ3n) is 14.7. The van der Waals surface area contributed by atoms with Crippen molar-refractivity contribution >= 4 is 38.8 Å². The van der Waals surface area contributed by atoms with Crippen LogP contribution in [0.2, 0.25) is 0 Å². The Kier molecular flexibility index (Phi) is 5.76. The Morgan fingerprint density at radius 1 is 0.545 bits per heavy atom. The van der Waals surface area contributed by atoms with Crippen LogP contribution in [0.3, 0.4) is 0 Å². The van der Waals surface area contributed by atoms with Crippen molar-refractivity contribution in [2.45, 2.75) is 63.3 Å². The van der Waals surface area contributed by atoms with E-state index in [1.54, 1.807) is 11.1 Å². The first-order chi connectivity index (χ1) is 26.6. The molecule has 266 valence electrons. The molecule has 2 heteroatoms. The van der Waals surface area contributed by atoms with Crippen LogP contribution in [0.5, 0.6) is 0 Å². The van der Waals surface area contributed by atoms with E-state index in [1.807, 2.05) is 0 Å². The topological polar surface area (TPSA) is 8.17 Å². The van der Waals surface area contributed by atoms with Crippen LogP contribution in [0.25, 0.3) is 44.2 Å². The van der Waals surface area contributed by atoms with Gasteiger partial charge in [-0.3, -0.25) is 0 Å². The number of fused-ring (bicyclic) bond motifs is 12. The van der Waals surface area contributed by atoms with Crippen molar-refractivity contribution in [1.82, 2.24) is 4.57 Å². The number of benzene rings is 6. The first-order valence-corrected chi connectivity index (χ1v) is 20.0. The molecule has 4 unspecified atom stereocenters. The molecule has 0 amide bonds. The Hall–Kier alpha value is -5.86. The van der Waals surface area contributed by atoms with Crippen LogP contribution in [-0.2, 0) is 16.2 Å². The number of hydrogen-bond donors (Lipinski definition) is 0. The number of para-hydroxylation sites is 3. The lowest BCUT2D eigenvalue weighted by Gasteiger charge is -2.59. The number of aromatic nitrogens is 1. The van der Waals surface area contributed by atoms with Crippen LogP contribution in [0.15, 0.2) is 163 Å². The maximum Gasteiger partial charge on any atom is 0.0906 e. The van der Waals surface area contributed by atoms with Crippen LogP contribution in [0.4, 0.5) is 11.4 Å². The average molecular weight is 709 g/mol. The van der Waals surface area contributed by atoms with Crippen LogP contribution < -0.4 is 4.90 Å². The fraction of sp³-hybridized carbons (Fsp3) is 0.208. The van der Waals surface area contributed by atoms with Gasteiger partial charge in [0, 0.05) is 49.6 Å². The molecular weight excluding hydrogens is 665 g/mol. The highest BCUT2D eigenvalue weighted by molar-refractivity contribution is 6.10. The molecule has 0 bridgehead atoms. The van der Waals surface area contributed by atoms with Gasteiger partial charge in [0.25, 0.3) is 0 Å². The maximum atomic E-state index is 2.67. The molecule has 0 fully saturated rings. The summed E-state index contributed by atoms with van der Waals surface area (Å²) in [4.78, 5) is 2.67. The Balaban J connectivity index is 1.12. The molecule has 0 spiro atoms. The summed E-state index contributed by atoms with van der Waals surface area (Å²) in [6, 6.07) is 50.7. The molecule has 6 aromatic carbocycles. The maximum absolute atomic E-state index is 2.67. The Morgan fingerprint density at radius 3 is 2.05 bits per heavy atom. The van der Waals surface area contributed by atoms with Gasteiger partial charge in [-0.25, -0.2) is 0 Å². The van der Waals surface area contributed by atoms with Crippen molar-refractivity contribution in [2.75, 3.05) is 4.90 Å². The van der Waals surface area contributed by atoms with Gasteiger partial charge in [0.05, 0.1) is 16.6 Å². The summed E-state index contributed by atoms with van der Waals surface area (Å²) in [5.74, 6) is 0.286. The predicted molar refractivity (Wildman–Crippen MR) is 230 cm³/mol. The summed E-state index contributed by atoms with van der Waals surface area (Å²) >= 11 is 0. The third-order valence-corrected chi connectivity index (χ3v) is 14.7. The number of anilines is 2. The molecule has 0 saturated carbocycles. The van der Waals surface area contributed by atoms with Gasteiger partial charge in [-0.05, 0) is 119 Å². The fourth-order valence-corrected chi connectivity index (χ4v) is 12.2. The third kappa shape index (κ3) is 3.58. The summed E-state index contributed by atoms with van der Waals surface area (Å²) in [5, 5.41) is 2.60. The van der Waals surface area contributed by atoms with Crippen LogP contribution >= 0.6 is 0 Å². The van der Waals surface area contributed by atoms with Crippen molar-refractivity contribution in [3.8, 4) is 16.8 Å². The van der Waals surface area contributed by atoms with E-state index in [0.717, 1.165) is 0 Å². The molecule has 0 radical (unpaired) electrons. The second kappa shape index (κ2) is 10.1.